The first kappa shape index (κ1) is 23.9. The molecule has 0 saturated heterocycles. The van der Waals surface area contributed by atoms with Gasteiger partial charge in [0.25, 0.3) is 0 Å². The van der Waals surface area contributed by atoms with E-state index in [4.69, 9.17) is 9.47 Å². The molecule has 0 amide bonds. The van der Waals surface area contributed by atoms with Crippen LogP contribution in [0.3, 0.4) is 0 Å². The van der Waals surface area contributed by atoms with Crippen molar-refractivity contribution >= 4 is 11.9 Å². The van der Waals surface area contributed by atoms with Gasteiger partial charge in [-0.3, -0.25) is 4.79 Å². The Kier molecular flexibility index (Phi) is 10.3. The van der Waals surface area contributed by atoms with Crippen LogP contribution < -0.4 is 61.2 Å². The van der Waals surface area contributed by atoms with Crippen LogP contribution in [0.2, 0.25) is 0 Å². The number of carboxylic acids is 1. The number of esters is 1. The molecule has 0 spiro atoms. The largest absolute Gasteiger partial charge is 1.00 e. The normalized spacial score (nSPS) is 12.4. The molecule has 0 N–H and O–H groups in total. The van der Waals surface area contributed by atoms with Gasteiger partial charge >= 0.3 is 57.4 Å². The fourth-order valence-electron chi connectivity index (χ4n) is 2.47. The van der Waals surface area contributed by atoms with Crippen molar-refractivity contribution in [1.82, 2.24) is 0 Å². The molecule has 0 saturated carbocycles. The zero-order chi connectivity index (χ0) is 19.0. The van der Waals surface area contributed by atoms with Crippen LogP contribution in [0.15, 0.2) is 54.6 Å². The third kappa shape index (κ3) is 7.05. The number of benzene rings is 2. The van der Waals surface area contributed by atoms with Gasteiger partial charge < -0.3 is 19.4 Å². The van der Waals surface area contributed by atoms with Crippen LogP contribution in [-0.4, -0.2) is 18.5 Å². The van der Waals surface area contributed by atoms with Crippen molar-refractivity contribution in [1.29, 1.82) is 0 Å². The van der Waals surface area contributed by atoms with Crippen molar-refractivity contribution < 1.29 is 75.6 Å². The van der Waals surface area contributed by atoms with E-state index in [-0.39, 0.29) is 64.4 Å². The summed E-state index contributed by atoms with van der Waals surface area (Å²) in [5, 5.41) is 11.4. The van der Waals surface area contributed by atoms with Gasteiger partial charge in [-0.05, 0) is 49.9 Å². The van der Waals surface area contributed by atoms with Crippen LogP contribution in [0.5, 0.6) is 5.75 Å². The number of rotatable bonds is 9. The van der Waals surface area contributed by atoms with E-state index in [1.54, 1.807) is 6.92 Å². The quantitative estimate of drug-likeness (QED) is 0.326. The fraction of sp³-hybridized carbons (Fsp3) is 0.333. The standard InChI is InChI=1S/C21H24O5.K/c1-3-25-20(24)21(2,19(22)23)14-13-16-9-11-18(12-10-16)26-15-17-7-5-4-6-8-17;/h4-12H,3,13-15H2,1-2H3,(H,22,23);/q;+1/p-1. The van der Waals surface area contributed by atoms with Crippen molar-refractivity contribution in [2.45, 2.75) is 33.3 Å². The molecule has 1 unspecified atom stereocenters. The van der Waals surface area contributed by atoms with Crippen LogP contribution in [0.1, 0.15) is 31.4 Å². The molecule has 5 nitrogen and oxygen atoms in total. The Balaban J connectivity index is 0.00000364. The first-order valence-corrected chi connectivity index (χ1v) is 8.60. The Labute approximate surface area is 202 Å². The average Bonchev–Trinajstić information content (AvgIpc) is 2.66. The minimum Gasteiger partial charge on any atom is -0.549 e. The molecule has 2 aromatic carbocycles. The SMILES string of the molecule is CCOC(=O)C(C)(CCc1ccc(OCc2ccccc2)cc1)C(=O)[O-].[K+]. The maximum Gasteiger partial charge on any atom is 1.00 e. The molecule has 0 radical (unpaired) electrons. The van der Waals surface area contributed by atoms with Crippen molar-refractivity contribution in [2.75, 3.05) is 6.61 Å². The van der Waals surface area contributed by atoms with E-state index < -0.39 is 17.4 Å². The van der Waals surface area contributed by atoms with Crippen molar-refractivity contribution in [2.24, 2.45) is 5.41 Å². The van der Waals surface area contributed by atoms with Gasteiger partial charge in [0.15, 0.2) is 0 Å². The van der Waals surface area contributed by atoms with Gasteiger partial charge in [0, 0.05) is 0 Å². The van der Waals surface area contributed by atoms with E-state index in [1.165, 1.54) is 6.92 Å². The molecule has 0 fully saturated rings. The summed E-state index contributed by atoms with van der Waals surface area (Å²) < 4.78 is 10.6. The maximum absolute atomic E-state index is 11.9. The molecule has 0 heterocycles. The molecule has 0 aliphatic carbocycles. The molecule has 6 heteroatoms. The second kappa shape index (κ2) is 11.6. The molecule has 0 aliphatic heterocycles. The fourth-order valence-corrected chi connectivity index (χ4v) is 2.47. The van der Waals surface area contributed by atoms with E-state index in [0.717, 1.165) is 16.9 Å². The van der Waals surface area contributed by atoms with Gasteiger partial charge in [-0.2, -0.15) is 0 Å². The van der Waals surface area contributed by atoms with Crippen LogP contribution in [0.25, 0.3) is 0 Å². The summed E-state index contributed by atoms with van der Waals surface area (Å²) in [4.78, 5) is 23.3. The number of carbonyl (C=O) groups is 2. The topological polar surface area (TPSA) is 75.7 Å². The molecule has 138 valence electrons. The monoisotopic (exact) mass is 394 g/mol. The number of carboxylic acid groups (broad SMARTS) is 1. The molecule has 2 aromatic rings. The van der Waals surface area contributed by atoms with Crippen molar-refractivity contribution in [3.8, 4) is 5.75 Å². The zero-order valence-corrected chi connectivity index (χ0v) is 19.2. The summed E-state index contributed by atoms with van der Waals surface area (Å²) in [7, 11) is 0. The minimum atomic E-state index is -1.65. The summed E-state index contributed by atoms with van der Waals surface area (Å²) in [5.74, 6) is -1.45. The summed E-state index contributed by atoms with van der Waals surface area (Å²) in [6, 6.07) is 17.2. The van der Waals surface area contributed by atoms with Crippen molar-refractivity contribution in [3.63, 3.8) is 0 Å². The minimum absolute atomic E-state index is 0. The summed E-state index contributed by atoms with van der Waals surface area (Å²) >= 11 is 0. The number of carbonyl (C=O) groups excluding carboxylic acids is 2. The second-order valence-corrected chi connectivity index (χ2v) is 6.26. The van der Waals surface area contributed by atoms with Gasteiger partial charge in [-0.25, -0.2) is 0 Å². The van der Waals surface area contributed by atoms with Crippen LogP contribution >= 0.6 is 0 Å². The van der Waals surface area contributed by atoms with Gasteiger partial charge in [0.05, 0.1) is 12.6 Å². The van der Waals surface area contributed by atoms with Crippen LogP contribution in [-0.2, 0) is 27.4 Å². The Morgan fingerprint density at radius 3 is 2.19 bits per heavy atom. The van der Waals surface area contributed by atoms with Crippen LogP contribution in [0.4, 0.5) is 0 Å². The Morgan fingerprint density at radius 1 is 1.00 bits per heavy atom. The maximum atomic E-state index is 11.9. The average molecular weight is 395 g/mol. The summed E-state index contributed by atoms with van der Waals surface area (Å²) in [5.41, 5.74) is 0.336. The summed E-state index contributed by atoms with van der Waals surface area (Å²) in [6.45, 7) is 3.60. The molecule has 2 rings (SSSR count). The van der Waals surface area contributed by atoms with E-state index in [9.17, 15) is 14.7 Å². The third-order valence-electron chi connectivity index (χ3n) is 4.26. The molecular weight excluding hydrogens is 371 g/mol. The van der Waals surface area contributed by atoms with Gasteiger partial charge in [0.2, 0.25) is 0 Å². The molecular formula is C21H23KO5. The smallest absolute Gasteiger partial charge is 0.549 e. The number of aliphatic carboxylic acids is 1. The first-order valence-electron chi connectivity index (χ1n) is 8.60. The van der Waals surface area contributed by atoms with Crippen molar-refractivity contribution in [3.05, 3.63) is 65.7 Å². The van der Waals surface area contributed by atoms with Crippen LogP contribution in [0, 0.1) is 5.41 Å². The predicted octanol–water partition coefficient (Wildman–Crippen LogP) is -0.478. The molecule has 1 atom stereocenters. The molecule has 0 aliphatic rings. The zero-order valence-electron chi connectivity index (χ0n) is 16.1. The Bertz CT molecular complexity index is 730. The van der Waals surface area contributed by atoms with E-state index >= 15 is 0 Å². The Morgan fingerprint density at radius 2 is 1.63 bits per heavy atom. The third-order valence-corrected chi connectivity index (χ3v) is 4.26. The summed E-state index contributed by atoms with van der Waals surface area (Å²) in [6.07, 6.45) is 0.528. The van der Waals surface area contributed by atoms with Gasteiger partial charge in [-0.15, -0.1) is 0 Å². The number of ether oxygens (including phenoxy) is 2. The Hall–Kier alpha value is -1.18. The number of aryl methyl sites for hydroxylation is 1. The first-order chi connectivity index (χ1) is 12.5. The second-order valence-electron chi connectivity index (χ2n) is 6.26. The molecule has 0 bridgehead atoms. The van der Waals surface area contributed by atoms with E-state index in [2.05, 4.69) is 0 Å². The number of hydrogen-bond acceptors (Lipinski definition) is 5. The molecule has 0 aromatic heterocycles. The predicted molar refractivity (Wildman–Crippen MR) is 95.3 cm³/mol. The number of hydrogen-bond donors (Lipinski definition) is 0. The van der Waals surface area contributed by atoms with E-state index in [1.807, 2.05) is 54.6 Å². The van der Waals surface area contributed by atoms with Gasteiger partial charge in [0.1, 0.15) is 17.8 Å². The van der Waals surface area contributed by atoms with Gasteiger partial charge in [-0.1, -0.05) is 42.5 Å². The van der Waals surface area contributed by atoms with E-state index in [0.29, 0.717) is 13.0 Å². The molecule has 27 heavy (non-hydrogen) atoms.